The summed E-state index contributed by atoms with van der Waals surface area (Å²) in [5.41, 5.74) is 5.99. The van der Waals surface area contributed by atoms with Gasteiger partial charge in [-0.3, -0.25) is 62.3 Å². The van der Waals surface area contributed by atoms with E-state index in [4.69, 9.17) is 63.3 Å². The molecule has 0 bridgehead atoms. The number of ketones is 6. The smallest absolute Gasteiger partial charge is 0.335 e. The number of benzene rings is 2. The highest BCUT2D eigenvalue weighted by Gasteiger charge is 2.34. The Hall–Kier alpha value is -10.4. The molecule has 0 aliphatic heterocycles. The quantitative estimate of drug-likeness (QED) is 0.0241. The van der Waals surface area contributed by atoms with E-state index in [-0.39, 0.29) is 286 Å². The van der Waals surface area contributed by atoms with Crippen molar-refractivity contribution in [3.8, 4) is 11.5 Å². The molecule has 0 aliphatic rings. The number of carboxylic acid groups (broad SMARTS) is 5. The number of nitrogens with two attached hydrogens (primary N) is 1. The van der Waals surface area contributed by atoms with Gasteiger partial charge in [0.1, 0.15) is 55.5 Å². The average molecular weight is 1930 g/mol. The number of unbranched alkanes of at least 4 members (excludes halogenated alkanes) is 14. The standard InChI is InChI=1S/C96H149N9O31/c1-96(2,62-84(110)80(97)61-74-63-98-69-104-74)85(111)64-103-81(33-16-18-40-100-89(115)66-132-54-50-128-44-24-30-77(108)65-131-53-51-129-47-41-101-86(112)38-35-73(94(123)124)57-76(107)28-13-9-5-3-7-11-19-45-135-78-31-21-26-70(58-78)91(117)118)83(109)60-72(93(121)122)25-15-17-39-99-88(114)67-134-56-52-130-48-42-102-90(116)68-133-55-49-127-43-23-29-75(106)36-37-82(95(125)126)105-87(113)34-14-10-6-4-8-12-20-46-136-79-32-22-27-71(59-79)92(119)120/h21-22,26-27,31-32,58-59,63,69,72-73,80-82,103H,3-20,23-25,28-30,33-57,60-62,64-68,97H2,1-2H3,(H,98,104)(H,99,114)(H,100,115)(H,101,112)(H,102,116)(H,105,113)(H,117,118)(H,119,120)(H,121,122)(H,123,124)(H,125,126)/t72-,73-,80+,81+,82+/m1/s1. The normalized spacial score (nSPS) is 12.4. The highest BCUT2D eigenvalue weighted by molar-refractivity contribution is 5.95. The highest BCUT2D eigenvalue weighted by atomic mass is 16.5. The van der Waals surface area contributed by atoms with E-state index in [1.165, 1.54) is 30.6 Å². The van der Waals surface area contributed by atoms with Gasteiger partial charge in [-0.15, -0.1) is 0 Å². The first-order chi connectivity index (χ1) is 65.4. The number of aromatic amines is 1. The van der Waals surface area contributed by atoms with Crippen molar-refractivity contribution in [2.75, 3.05) is 152 Å². The van der Waals surface area contributed by atoms with Crippen LogP contribution in [0.25, 0.3) is 0 Å². The first-order valence-corrected chi connectivity index (χ1v) is 47.6. The fourth-order valence-corrected chi connectivity index (χ4v) is 13.9. The van der Waals surface area contributed by atoms with E-state index in [9.17, 15) is 92.0 Å². The van der Waals surface area contributed by atoms with Gasteiger partial charge in [0.05, 0.1) is 127 Å². The van der Waals surface area contributed by atoms with Crippen molar-refractivity contribution in [1.82, 2.24) is 41.9 Å². The summed E-state index contributed by atoms with van der Waals surface area (Å²) >= 11 is 0. The minimum Gasteiger partial charge on any atom is -0.494 e. The molecule has 0 spiro atoms. The number of aliphatic carboxylic acids is 3. The van der Waals surface area contributed by atoms with Crippen molar-refractivity contribution >= 4 is 94.1 Å². The van der Waals surface area contributed by atoms with Gasteiger partial charge in [-0.2, -0.15) is 0 Å². The predicted octanol–water partition coefficient (Wildman–Crippen LogP) is 7.67. The van der Waals surface area contributed by atoms with Crippen molar-refractivity contribution in [1.29, 1.82) is 0 Å². The molecule has 2 aromatic carbocycles. The van der Waals surface area contributed by atoms with E-state index >= 15 is 0 Å². The van der Waals surface area contributed by atoms with Crippen LogP contribution in [0.2, 0.25) is 0 Å². The van der Waals surface area contributed by atoms with Gasteiger partial charge >= 0.3 is 29.8 Å². The fraction of sp³-hybridized carbons (Fsp3) is 0.677. The monoisotopic (exact) mass is 1920 g/mol. The number of hydrogen-bond acceptors (Lipinski definition) is 29. The Kier molecular flexibility index (Phi) is 66.6. The molecule has 0 radical (unpaired) electrons. The number of hydrogen-bond donors (Lipinski definition) is 13. The van der Waals surface area contributed by atoms with Crippen LogP contribution >= 0.6 is 0 Å². The lowest BCUT2D eigenvalue weighted by molar-refractivity contribution is -0.144. The van der Waals surface area contributed by atoms with Crippen molar-refractivity contribution in [3.05, 3.63) is 77.9 Å². The van der Waals surface area contributed by atoms with Crippen LogP contribution in [0.1, 0.15) is 252 Å². The molecule has 5 amide bonds. The molecule has 0 aliphatic carbocycles. The average Bonchev–Trinajstić information content (AvgIpc) is 1.21. The summed E-state index contributed by atoms with van der Waals surface area (Å²) in [4.78, 5) is 206. The molecule has 0 saturated carbocycles. The zero-order valence-electron chi connectivity index (χ0n) is 79.3. The van der Waals surface area contributed by atoms with Gasteiger partial charge < -0.3 is 116 Å². The first-order valence-electron chi connectivity index (χ1n) is 47.6. The third-order valence-electron chi connectivity index (χ3n) is 21.8. The maximum Gasteiger partial charge on any atom is 0.335 e. The number of imidazole rings is 1. The summed E-state index contributed by atoms with van der Waals surface area (Å²) < 4.78 is 54.9. The van der Waals surface area contributed by atoms with E-state index in [1.807, 2.05) is 0 Å². The number of Topliss-reactive ketones (excluding diaryl/α,β-unsaturated/α-hetero) is 6. The molecule has 0 saturated heterocycles. The van der Waals surface area contributed by atoms with Gasteiger partial charge in [-0.05, 0) is 120 Å². The van der Waals surface area contributed by atoms with Crippen LogP contribution in [0.15, 0.2) is 61.1 Å². The lowest BCUT2D eigenvalue weighted by Crippen LogP contribution is -2.45. The highest BCUT2D eigenvalue weighted by Crippen LogP contribution is 2.25. The molecule has 1 heterocycles. The molecule has 14 N–H and O–H groups in total. The van der Waals surface area contributed by atoms with E-state index in [0.29, 0.717) is 81.8 Å². The van der Waals surface area contributed by atoms with Crippen molar-refractivity contribution in [2.24, 2.45) is 23.0 Å². The summed E-state index contributed by atoms with van der Waals surface area (Å²) in [5.74, 6) is -10.2. The van der Waals surface area contributed by atoms with Crippen LogP contribution in [0.4, 0.5) is 0 Å². The van der Waals surface area contributed by atoms with Crippen LogP contribution < -0.4 is 47.1 Å². The Morgan fingerprint density at radius 2 is 0.838 bits per heavy atom. The van der Waals surface area contributed by atoms with Crippen LogP contribution in [0.5, 0.6) is 11.5 Å². The number of carbonyl (C=O) groups excluding carboxylic acids is 11. The molecule has 5 atom stereocenters. The number of aromatic nitrogens is 2. The van der Waals surface area contributed by atoms with E-state index in [1.54, 1.807) is 44.3 Å². The molecule has 764 valence electrons. The second-order valence-electron chi connectivity index (χ2n) is 33.9. The molecule has 3 rings (SSSR count). The summed E-state index contributed by atoms with van der Waals surface area (Å²) in [6.45, 7) is 5.54. The van der Waals surface area contributed by atoms with E-state index < -0.39 is 82.8 Å². The van der Waals surface area contributed by atoms with Crippen molar-refractivity contribution in [3.63, 3.8) is 0 Å². The van der Waals surface area contributed by atoms with Gasteiger partial charge in [-0.25, -0.2) is 19.4 Å². The lowest BCUT2D eigenvalue weighted by Gasteiger charge is -2.26. The number of H-pyrrole nitrogens is 1. The Morgan fingerprint density at radius 1 is 0.390 bits per heavy atom. The number of aromatic carboxylic acids is 2. The summed E-state index contributed by atoms with van der Waals surface area (Å²) in [6, 6.07) is 9.66. The Morgan fingerprint density at radius 3 is 1.34 bits per heavy atom. The number of nitrogens with zero attached hydrogens (tertiary/aromatic N) is 1. The summed E-state index contributed by atoms with van der Waals surface area (Å²) in [5, 5.41) is 64.1. The van der Waals surface area contributed by atoms with Crippen molar-refractivity contribution in [2.45, 2.75) is 250 Å². The number of amides is 5. The Balaban J connectivity index is 1.19. The largest absolute Gasteiger partial charge is 0.494 e. The molecule has 3 aromatic rings. The number of carbonyl (C=O) groups is 16. The van der Waals surface area contributed by atoms with Gasteiger partial charge in [-0.1, -0.05) is 96.6 Å². The summed E-state index contributed by atoms with van der Waals surface area (Å²) in [7, 11) is 0. The van der Waals surface area contributed by atoms with Crippen LogP contribution in [-0.4, -0.2) is 299 Å². The number of rotatable bonds is 92. The molecule has 1 aromatic heterocycles. The third-order valence-corrected chi connectivity index (χ3v) is 21.8. The van der Waals surface area contributed by atoms with Gasteiger partial charge in [0.2, 0.25) is 29.5 Å². The lowest BCUT2D eigenvalue weighted by atomic mass is 9.81. The second-order valence-corrected chi connectivity index (χ2v) is 33.9. The Bertz CT molecular complexity index is 4000. The van der Waals surface area contributed by atoms with Crippen LogP contribution in [0.3, 0.4) is 0 Å². The SMILES string of the molecule is CC(C)(CC(=O)[C@@H](N)Cc1cnc[nH]1)C(=O)CN[C@@H](CCCCNC(=O)COCCOCCCC(=O)COCCOCCNC(=O)CC[C@H](CC(=O)CCCCCCCCCOc1cccc(C(=O)O)c1)C(=O)O)C(=O)C[C@@H](CCCCNC(=O)COCCOCCNC(=O)COCCOCCCC(=O)CC[C@H](NC(=O)CCCCCCCCCOc1cccc(C(=O)O)c1)C(=O)O)C(=O)O. The zero-order chi connectivity index (χ0) is 99.6. The van der Waals surface area contributed by atoms with E-state index in [2.05, 4.69) is 41.9 Å². The predicted molar refractivity (Wildman–Crippen MR) is 496 cm³/mol. The summed E-state index contributed by atoms with van der Waals surface area (Å²) in [6.07, 6.45) is 18.1. The van der Waals surface area contributed by atoms with Crippen molar-refractivity contribution < 1.29 is 150 Å². The molecule has 0 unspecified atom stereocenters. The number of ether oxygens (including phenoxy) is 10. The van der Waals surface area contributed by atoms with E-state index in [0.717, 1.165) is 77.0 Å². The molecule has 0 fully saturated rings. The maximum atomic E-state index is 14.0. The molecular weight excluding hydrogens is 1780 g/mol. The van der Waals surface area contributed by atoms with Gasteiger partial charge in [0.25, 0.3) is 0 Å². The van der Waals surface area contributed by atoms with Gasteiger partial charge in [0, 0.05) is 121 Å². The Labute approximate surface area is 796 Å². The molecule has 40 heteroatoms. The minimum atomic E-state index is -1.21. The zero-order valence-corrected chi connectivity index (χ0v) is 79.3. The molecule has 136 heavy (non-hydrogen) atoms. The number of nitrogens with one attached hydrogen (secondary N) is 7. The second kappa shape index (κ2) is 75.6. The number of carboxylic acids is 5. The first kappa shape index (κ1) is 120. The molecule has 40 nitrogen and oxygen atoms in total. The fourth-order valence-electron chi connectivity index (χ4n) is 13.9. The molecular formula is C96H149N9O31. The third kappa shape index (κ3) is 62.3. The van der Waals surface area contributed by atoms with Crippen LogP contribution in [-0.2, 0) is 111 Å². The van der Waals surface area contributed by atoms with Gasteiger partial charge in [0.15, 0.2) is 23.1 Å². The topological polar surface area (TPSA) is 593 Å². The minimum absolute atomic E-state index is 0.0190. The maximum absolute atomic E-state index is 14.0. The van der Waals surface area contributed by atoms with Crippen LogP contribution in [0, 0.1) is 17.3 Å².